The number of ether oxygens (including phenoxy) is 2. The first-order valence-electron chi connectivity index (χ1n) is 14.7. The van der Waals surface area contributed by atoms with Crippen molar-refractivity contribution in [1.82, 2.24) is 4.57 Å². The number of imide groups is 1. The lowest BCUT2D eigenvalue weighted by molar-refractivity contribution is -0.137. The lowest BCUT2D eigenvalue weighted by Gasteiger charge is -2.31. The van der Waals surface area contributed by atoms with E-state index in [1.807, 2.05) is 0 Å². The second kappa shape index (κ2) is 13.1. The van der Waals surface area contributed by atoms with Crippen molar-refractivity contribution in [1.29, 1.82) is 0 Å². The summed E-state index contributed by atoms with van der Waals surface area (Å²) in [5, 5.41) is 11.9. The van der Waals surface area contributed by atoms with Crippen LogP contribution in [0.25, 0.3) is 0 Å². The van der Waals surface area contributed by atoms with Crippen LogP contribution in [0.2, 0.25) is 0 Å². The smallest absolute Gasteiger partial charge is 0.416 e. The second-order valence-electron chi connectivity index (χ2n) is 11.0. The molecule has 0 spiro atoms. The molecule has 0 bridgehead atoms. The summed E-state index contributed by atoms with van der Waals surface area (Å²) in [6, 6.07) is 14.2. The lowest BCUT2D eigenvalue weighted by atomic mass is 9.83. The van der Waals surface area contributed by atoms with Gasteiger partial charge in [0.2, 0.25) is 17.7 Å². The third kappa shape index (κ3) is 6.28. The number of esters is 1. The second-order valence-corrected chi connectivity index (χ2v) is 13.1. The number of hydrogen-bond donors (Lipinski definition) is 2. The monoisotopic (exact) mass is 713 g/mol. The number of carbonyl (C=O) groups is 4. The average Bonchev–Trinajstić information content (AvgIpc) is 3.51. The fourth-order valence-corrected chi connectivity index (χ4v) is 8.61. The molecule has 49 heavy (non-hydrogen) atoms. The van der Waals surface area contributed by atoms with Gasteiger partial charge in [0, 0.05) is 16.5 Å². The number of aromatic nitrogens is 1. The van der Waals surface area contributed by atoms with Gasteiger partial charge in [-0.25, -0.2) is 9.69 Å². The van der Waals surface area contributed by atoms with Crippen LogP contribution in [0, 0.1) is 5.92 Å². The standard InChI is InChI=1S/C33H26F3N3O8S2/c1-3-47-31(44)16-7-10-20(11-8-16)39-28(42)25-24(17-9-12-21(40)22(13-17)46-2)27-30(48-26(25)29(39)43)38(32(45)49-27)15-23(41)37-19-6-4-5-18(14-19)33(34,35)36/h4-14,24-26,40H,3,15H2,1-2H3,(H,37,41)/t24-,25?,26?/m0/s1. The molecule has 254 valence electrons. The molecule has 0 saturated carbocycles. The van der Waals surface area contributed by atoms with E-state index < -0.39 is 63.9 Å². The number of phenolic OH excluding ortho intramolecular Hbond substituents is 1. The number of nitrogens with one attached hydrogen (secondary N) is 1. The molecule has 1 fully saturated rings. The Kier molecular flexibility index (Phi) is 9.02. The molecule has 2 unspecified atom stereocenters. The first kappa shape index (κ1) is 33.8. The number of benzene rings is 3. The molecule has 0 radical (unpaired) electrons. The quantitative estimate of drug-likeness (QED) is 0.185. The molecular formula is C33H26F3N3O8S2. The number of anilines is 2. The number of amides is 3. The largest absolute Gasteiger partial charge is 0.504 e. The Labute approximate surface area is 284 Å². The number of rotatable bonds is 8. The van der Waals surface area contributed by atoms with Crippen molar-refractivity contribution in [3.05, 3.63) is 98.0 Å². The van der Waals surface area contributed by atoms with Crippen LogP contribution >= 0.6 is 23.1 Å². The van der Waals surface area contributed by atoms with E-state index in [0.29, 0.717) is 10.4 Å². The summed E-state index contributed by atoms with van der Waals surface area (Å²) in [5.41, 5.74) is -0.205. The fourth-order valence-electron chi connectivity index (χ4n) is 5.84. The van der Waals surface area contributed by atoms with E-state index in [1.165, 1.54) is 49.6 Å². The Balaban J connectivity index is 1.38. The lowest BCUT2D eigenvalue weighted by Crippen LogP contribution is -2.33. The molecule has 2 aliphatic heterocycles. The SMILES string of the molecule is CCOC(=O)c1ccc(N2C(=O)C3Sc4c(sc(=O)n4CC(=O)Nc4cccc(C(F)(F)F)c4)[C@@H](c4ccc(O)c(OC)c4)C3C2=O)cc1. The normalized spacial score (nSPS) is 18.6. The molecule has 0 aliphatic carbocycles. The van der Waals surface area contributed by atoms with Gasteiger partial charge in [-0.15, -0.1) is 0 Å². The molecule has 4 aromatic rings. The molecule has 11 nitrogen and oxygen atoms in total. The van der Waals surface area contributed by atoms with E-state index in [4.69, 9.17) is 9.47 Å². The van der Waals surface area contributed by atoms with Gasteiger partial charge in [-0.2, -0.15) is 13.2 Å². The molecule has 16 heteroatoms. The number of aromatic hydroxyl groups is 1. The number of thiazole rings is 1. The Morgan fingerprint density at radius 3 is 2.41 bits per heavy atom. The molecule has 3 amide bonds. The van der Waals surface area contributed by atoms with Gasteiger partial charge >= 0.3 is 17.0 Å². The number of methoxy groups -OCH3 is 1. The number of alkyl halides is 3. The summed E-state index contributed by atoms with van der Waals surface area (Å²) in [6.45, 7) is 1.24. The molecule has 3 aromatic carbocycles. The molecule has 1 saturated heterocycles. The predicted molar refractivity (Wildman–Crippen MR) is 173 cm³/mol. The van der Waals surface area contributed by atoms with Crippen molar-refractivity contribution in [3.63, 3.8) is 0 Å². The Bertz CT molecular complexity index is 2040. The minimum absolute atomic E-state index is 0.0873. The van der Waals surface area contributed by atoms with Crippen molar-refractivity contribution in [2.24, 2.45) is 5.92 Å². The van der Waals surface area contributed by atoms with Crippen LogP contribution < -0.4 is 19.8 Å². The van der Waals surface area contributed by atoms with Crippen molar-refractivity contribution in [2.45, 2.75) is 35.8 Å². The highest BCUT2D eigenvalue weighted by molar-refractivity contribution is 8.00. The van der Waals surface area contributed by atoms with Gasteiger partial charge in [-0.1, -0.05) is 35.2 Å². The minimum atomic E-state index is -4.63. The maximum absolute atomic E-state index is 14.2. The van der Waals surface area contributed by atoms with Crippen LogP contribution in [0.1, 0.15) is 39.2 Å². The molecule has 1 aromatic heterocycles. The maximum atomic E-state index is 14.2. The molecule has 2 aliphatic rings. The molecule has 3 heterocycles. The van der Waals surface area contributed by atoms with Crippen molar-refractivity contribution >= 4 is 58.2 Å². The van der Waals surface area contributed by atoms with E-state index in [0.717, 1.165) is 50.8 Å². The summed E-state index contributed by atoms with van der Waals surface area (Å²) < 4.78 is 51.1. The molecule has 2 N–H and O–H groups in total. The number of nitrogens with zero attached hydrogens (tertiary/aromatic N) is 2. The average molecular weight is 714 g/mol. The number of thioether (sulfide) groups is 1. The first-order chi connectivity index (χ1) is 23.3. The zero-order chi connectivity index (χ0) is 35.2. The summed E-state index contributed by atoms with van der Waals surface area (Å²) in [4.78, 5) is 67.6. The van der Waals surface area contributed by atoms with E-state index in [2.05, 4.69) is 5.32 Å². The third-order valence-electron chi connectivity index (χ3n) is 8.02. The van der Waals surface area contributed by atoms with Crippen LogP contribution in [0.15, 0.2) is 76.6 Å². The van der Waals surface area contributed by atoms with Gasteiger partial charge < -0.3 is 19.9 Å². The summed E-state index contributed by atoms with van der Waals surface area (Å²) in [7, 11) is 1.34. The third-order valence-corrected chi connectivity index (χ3v) is 10.6. The van der Waals surface area contributed by atoms with Gasteiger partial charge in [-0.3, -0.25) is 23.7 Å². The number of halogens is 3. The maximum Gasteiger partial charge on any atom is 0.416 e. The minimum Gasteiger partial charge on any atom is -0.504 e. The zero-order valence-electron chi connectivity index (χ0n) is 25.6. The fraction of sp³-hybridized carbons (Fsp3) is 0.242. The Morgan fingerprint density at radius 1 is 1.00 bits per heavy atom. The number of carbonyl (C=O) groups excluding carboxylic acids is 4. The number of phenols is 1. The molecule has 6 rings (SSSR count). The summed E-state index contributed by atoms with van der Waals surface area (Å²) in [6.07, 6.45) is -4.63. The Hall–Kier alpha value is -5.09. The van der Waals surface area contributed by atoms with Crippen molar-refractivity contribution in [3.8, 4) is 11.5 Å². The van der Waals surface area contributed by atoms with E-state index >= 15 is 0 Å². The highest BCUT2D eigenvalue weighted by Crippen LogP contribution is 2.54. The van der Waals surface area contributed by atoms with Crippen LogP contribution in [-0.4, -0.2) is 52.3 Å². The van der Waals surface area contributed by atoms with Crippen LogP contribution in [-0.2, 0) is 31.8 Å². The number of hydrogen-bond acceptors (Lipinski definition) is 10. The first-order valence-corrected chi connectivity index (χ1v) is 16.4. The topological polar surface area (TPSA) is 144 Å². The van der Waals surface area contributed by atoms with Crippen LogP contribution in [0.3, 0.4) is 0 Å². The van der Waals surface area contributed by atoms with Crippen molar-refractivity contribution < 1.29 is 46.9 Å². The van der Waals surface area contributed by atoms with Crippen molar-refractivity contribution in [2.75, 3.05) is 23.9 Å². The highest BCUT2D eigenvalue weighted by atomic mass is 32.2. The highest BCUT2D eigenvalue weighted by Gasteiger charge is 2.57. The predicted octanol–water partition coefficient (Wildman–Crippen LogP) is 5.25. The Morgan fingerprint density at radius 2 is 1.73 bits per heavy atom. The van der Waals surface area contributed by atoms with E-state index in [9.17, 15) is 42.3 Å². The van der Waals surface area contributed by atoms with Crippen LogP contribution in [0.5, 0.6) is 11.5 Å². The number of fused-ring (bicyclic) bond motifs is 2. The van der Waals surface area contributed by atoms with Gasteiger partial charge in [0.1, 0.15) is 11.8 Å². The summed E-state index contributed by atoms with van der Waals surface area (Å²) >= 11 is 1.72. The molecular weight excluding hydrogens is 688 g/mol. The molecule has 3 atom stereocenters. The van der Waals surface area contributed by atoms with Gasteiger partial charge in [0.05, 0.1) is 41.5 Å². The van der Waals surface area contributed by atoms with Gasteiger partial charge in [-0.05, 0) is 67.1 Å². The zero-order valence-corrected chi connectivity index (χ0v) is 27.3. The van der Waals surface area contributed by atoms with Gasteiger partial charge in [0.25, 0.3) is 0 Å². The van der Waals surface area contributed by atoms with E-state index in [1.54, 1.807) is 13.0 Å². The van der Waals surface area contributed by atoms with Gasteiger partial charge in [0.15, 0.2) is 11.5 Å². The van der Waals surface area contributed by atoms with Crippen LogP contribution in [0.4, 0.5) is 24.5 Å². The summed E-state index contributed by atoms with van der Waals surface area (Å²) in [5.74, 6) is -4.52. The van der Waals surface area contributed by atoms with E-state index in [-0.39, 0.29) is 40.1 Å².